The highest BCUT2D eigenvalue weighted by Crippen LogP contribution is 2.14. The lowest BCUT2D eigenvalue weighted by atomic mass is 10.0. The highest BCUT2D eigenvalue weighted by Gasteiger charge is 2.00. The van der Waals surface area contributed by atoms with Crippen molar-refractivity contribution in [3.8, 4) is 0 Å². The summed E-state index contributed by atoms with van der Waals surface area (Å²) in [6.07, 6.45) is 26.3. The van der Waals surface area contributed by atoms with Gasteiger partial charge in [-0.2, -0.15) is 0 Å². The minimum absolute atomic E-state index is 0.173. The summed E-state index contributed by atoms with van der Waals surface area (Å²) in [6, 6.07) is 0. The molecule has 0 unspecified atom stereocenters. The number of aryl methyl sites for hydroxylation is 1. The van der Waals surface area contributed by atoms with Gasteiger partial charge in [-0.25, -0.2) is 4.98 Å². The SMILES string of the molecule is CCCCCCCCCCCCCCCCCCc1cnc(CCO)[nH]1. The average molecular weight is 365 g/mol. The molecule has 0 radical (unpaired) electrons. The summed E-state index contributed by atoms with van der Waals surface area (Å²) in [7, 11) is 0. The normalized spacial score (nSPS) is 11.3. The van der Waals surface area contributed by atoms with Gasteiger partial charge in [0.2, 0.25) is 0 Å². The maximum atomic E-state index is 8.89. The van der Waals surface area contributed by atoms with Crippen LogP contribution in [0.3, 0.4) is 0 Å². The van der Waals surface area contributed by atoms with E-state index in [1.54, 1.807) is 0 Å². The number of hydrogen-bond donors (Lipinski definition) is 2. The molecule has 2 N–H and O–H groups in total. The molecule has 0 saturated heterocycles. The lowest BCUT2D eigenvalue weighted by Gasteiger charge is -2.03. The molecule has 0 saturated carbocycles. The Morgan fingerprint density at radius 1 is 0.692 bits per heavy atom. The third kappa shape index (κ3) is 13.4. The molecule has 152 valence electrons. The molecule has 3 nitrogen and oxygen atoms in total. The van der Waals surface area contributed by atoms with Crippen LogP contribution in [-0.4, -0.2) is 21.7 Å². The minimum atomic E-state index is 0.173. The molecule has 0 aliphatic rings. The van der Waals surface area contributed by atoms with Gasteiger partial charge >= 0.3 is 0 Å². The van der Waals surface area contributed by atoms with Gasteiger partial charge in [0.1, 0.15) is 5.82 Å². The van der Waals surface area contributed by atoms with Crippen LogP contribution in [0.2, 0.25) is 0 Å². The van der Waals surface area contributed by atoms with Gasteiger partial charge in [-0.1, -0.05) is 103 Å². The van der Waals surface area contributed by atoms with Crippen LogP contribution in [0.5, 0.6) is 0 Å². The molecule has 1 aromatic rings. The fraction of sp³-hybridized carbons (Fsp3) is 0.870. The van der Waals surface area contributed by atoms with E-state index in [1.807, 2.05) is 6.20 Å². The Morgan fingerprint density at radius 2 is 1.15 bits per heavy atom. The van der Waals surface area contributed by atoms with E-state index < -0.39 is 0 Å². The van der Waals surface area contributed by atoms with Gasteiger partial charge in [-0.15, -0.1) is 0 Å². The van der Waals surface area contributed by atoms with E-state index in [-0.39, 0.29) is 6.61 Å². The van der Waals surface area contributed by atoms with Crippen LogP contribution in [-0.2, 0) is 12.8 Å². The number of aromatic nitrogens is 2. The first-order valence-electron chi connectivity index (χ1n) is 11.5. The number of nitrogens with one attached hydrogen (secondary N) is 1. The van der Waals surface area contributed by atoms with Crippen molar-refractivity contribution in [2.75, 3.05) is 6.61 Å². The molecule has 0 aliphatic heterocycles. The number of aromatic amines is 1. The van der Waals surface area contributed by atoms with Crippen LogP contribution in [0, 0.1) is 0 Å². The van der Waals surface area contributed by atoms with Crippen LogP contribution in [0.25, 0.3) is 0 Å². The van der Waals surface area contributed by atoms with Crippen molar-refractivity contribution >= 4 is 0 Å². The largest absolute Gasteiger partial charge is 0.396 e. The maximum absolute atomic E-state index is 8.89. The van der Waals surface area contributed by atoms with Crippen molar-refractivity contribution in [1.29, 1.82) is 0 Å². The third-order valence-corrected chi connectivity index (χ3v) is 5.33. The van der Waals surface area contributed by atoms with Gasteiger partial charge in [0.15, 0.2) is 0 Å². The van der Waals surface area contributed by atoms with E-state index in [4.69, 9.17) is 5.11 Å². The van der Waals surface area contributed by atoms with Gasteiger partial charge in [0, 0.05) is 18.3 Å². The molecule has 0 bridgehead atoms. The summed E-state index contributed by atoms with van der Waals surface area (Å²) in [5, 5.41) is 8.89. The second-order valence-electron chi connectivity index (χ2n) is 7.88. The zero-order valence-electron chi connectivity index (χ0n) is 17.4. The molecule has 3 heteroatoms. The van der Waals surface area contributed by atoms with E-state index in [9.17, 15) is 0 Å². The van der Waals surface area contributed by atoms with Crippen LogP contribution in [0.4, 0.5) is 0 Å². The highest BCUT2D eigenvalue weighted by molar-refractivity contribution is 5.01. The van der Waals surface area contributed by atoms with Gasteiger partial charge in [0.05, 0.1) is 6.61 Å². The van der Waals surface area contributed by atoms with Crippen LogP contribution in [0.1, 0.15) is 121 Å². The fourth-order valence-electron chi connectivity index (χ4n) is 3.63. The lowest BCUT2D eigenvalue weighted by molar-refractivity contribution is 0.297. The van der Waals surface area contributed by atoms with Gasteiger partial charge < -0.3 is 10.1 Å². The molecule has 0 fully saturated rings. The Balaban J connectivity index is 1.75. The van der Waals surface area contributed by atoms with E-state index in [1.165, 1.54) is 108 Å². The zero-order valence-corrected chi connectivity index (χ0v) is 17.4. The number of aliphatic hydroxyl groups is 1. The molecule has 1 rings (SSSR count). The van der Waals surface area contributed by atoms with Gasteiger partial charge in [-0.3, -0.25) is 0 Å². The number of unbranched alkanes of at least 4 members (excludes halogenated alkanes) is 15. The number of rotatable bonds is 19. The molecule has 1 heterocycles. The van der Waals surface area contributed by atoms with Crippen LogP contribution < -0.4 is 0 Å². The zero-order chi connectivity index (χ0) is 18.7. The van der Waals surface area contributed by atoms with Crippen molar-refractivity contribution in [2.45, 2.75) is 122 Å². The van der Waals surface area contributed by atoms with Crippen molar-refractivity contribution in [3.63, 3.8) is 0 Å². The number of H-pyrrole nitrogens is 1. The second-order valence-corrected chi connectivity index (χ2v) is 7.88. The first-order chi connectivity index (χ1) is 12.9. The Kier molecular flexibility index (Phi) is 15.7. The third-order valence-electron chi connectivity index (χ3n) is 5.33. The number of aliphatic hydroxyl groups excluding tert-OH is 1. The summed E-state index contributed by atoms with van der Waals surface area (Å²) in [5.74, 6) is 0.916. The first kappa shape index (κ1) is 23.2. The highest BCUT2D eigenvalue weighted by atomic mass is 16.3. The Labute approximate surface area is 162 Å². The predicted molar refractivity (Wildman–Crippen MR) is 113 cm³/mol. The monoisotopic (exact) mass is 364 g/mol. The van der Waals surface area contributed by atoms with E-state index >= 15 is 0 Å². The van der Waals surface area contributed by atoms with Crippen molar-refractivity contribution in [1.82, 2.24) is 9.97 Å². The molecule has 0 atom stereocenters. The molecule has 0 amide bonds. The molecule has 0 aromatic carbocycles. The summed E-state index contributed by atoms with van der Waals surface area (Å²) >= 11 is 0. The lowest BCUT2D eigenvalue weighted by Crippen LogP contribution is -1.93. The number of imidazole rings is 1. The molecule has 0 aliphatic carbocycles. The summed E-state index contributed by atoms with van der Waals surface area (Å²) in [4.78, 5) is 7.58. The second kappa shape index (κ2) is 17.6. The van der Waals surface area contributed by atoms with Crippen molar-refractivity contribution in [3.05, 3.63) is 17.7 Å². The number of nitrogens with zero attached hydrogens (tertiary/aromatic N) is 1. The standard InChI is InChI=1S/C23H44N2O/c1-2-3-4-5-6-7-8-9-10-11-12-13-14-15-16-17-18-22-21-24-23(25-22)19-20-26/h21,26H,2-20H2,1H3,(H,24,25). The van der Waals surface area contributed by atoms with Crippen molar-refractivity contribution in [2.24, 2.45) is 0 Å². The quantitative estimate of drug-likeness (QED) is 0.267. The van der Waals surface area contributed by atoms with E-state index in [2.05, 4.69) is 16.9 Å². The van der Waals surface area contributed by atoms with E-state index in [0.29, 0.717) is 6.42 Å². The van der Waals surface area contributed by atoms with Crippen LogP contribution >= 0.6 is 0 Å². The smallest absolute Gasteiger partial charge is 0.108 e. The fourth-order valence-corrected chi connectivity index (χ4v) is 3.63. The average Bonchev–Trinajstić information content (AvgIpc) is 3.09. The Bertz CT molecular complexity index is 403. The molecular formula is C23H44N2O. The Morgan fingerprint density at radius 3 is 1.62 bits per heavy atom. The first-order valence-corrected chi connectivity index (χ1v) is 11.5. The topological polar surface area (TPSA) is 48.9 Å². The van der Waals surface area contributed by atoms with Crippen molar-refractivity contribution < 1.29 is 5.11 Å². The minimum Gasteiger partial charge on any atom is -0.396 e. The molecule has 1 aromatic heterocycles. The van der Waals surface area contributed by atoms with Gasteiger partial charge in [0.25, 0.3) is 0 Å². The predicted octanol–water partition coefficient (Wildman–Crippen LogP) is 6.75. The van der Waals surface area contributed by atoms with E-state index in [0.717, 1.165) is 12.2 Å². The molecule has 0 spiro atoms. The number of hydrogen-bond acceptors (Lipinski definition) is 2. The molecular weight excluding hydrogens is 320 g/mol. The Hall–Kier alpha value is -0.830. The molecule has 26 heavy (non-hydrogen) atoms. The summed E-state index contributed by atoms with van der Waals surface area (Å²) in [5.41, 5.74) is 1.22. The maximum Gasteiger partial charge on any atom is 0.108 e. The van der Waals surface area contributed by atoms with Crippen LogP contribution in [0.15, 0.2) is 6.20 Å². The van der Waals surface area contributed by atoms with Gasteiger partial charge in [-0.05, 0) is 12.8 Å². The summed E-state index contributed by atoms with van der Waals surface area (Å²) < 4.78 is 0. The summed E-state index contributed by atoms with van der Waals surface area (Å²) in [6.45, 7) is 2.46.